The van der Waals surface area contributed by atoms with E-state index in [-0.39, 0.29) is 0 Å². The standard InChI is InChI=1S/C15H31NS/c1-3-12-16-15-11-7-5-6-9-14(15)10-8-13-17-4-2/h14-16H,3-13H2,1-2H3. The Balaban J connectivity index is 2.27. The van der Waals surface area contributed by atoms with Gasteiger partial charge in [0.25, 0.3) is 0 Å². The summed E-state index contributed by atoms with van der Waals surface area (Å²) in [5.74, 6) is 3.61. The second-order valence-electron chi connectivity index (χ2n) is 5.30. The van der Waals surface area contributed by atoms with Crippen LogP contribution in [0.4, 0.5) is 0 Å². The zero-order valence-corrected chi connectivity index (χ0v) is 12.7. The van der Waals surface area contributed by atoms with Crippen molar-refractivity contribution in [1.29, 1.82) is 0 Å². The molecule has 1 fully saturated rings. The first-order valence-electron chi connectivity index (χ1n) is 7.69. The summed E-state index contributed by atoms with van der Waals surface area (Å²) < 4.78 is 0. The van der Waals surface area contributed by atoms with E-state index in [0.717, 1.165) is 12.0 Å². The molecule has 1 nitrogen and oxygen atoms in total. The van der Waals surface area contributed by atoms with Crippen molar-refractivity contribution in [2.75, 3.05) is 18.1 Å². The van der Waals surface area contributed by atoms with Crippen LogP contribution >= 0.6 is 11.8 Å². The molecule has 1 aliphatic rings. The van der Waals surface area contributed by atoms with Crippen LogP contribution < -0.4 is 5.32 Å². The maximum absolute atomic E-state index is 3.80. The molecule has 0 aliphatic heterocycles. The molecule has 0 saturated heterocycles. The van der Waals surface area contributed by atoms with Gasteiger partial charge in [0.1, 0.15) is 0 Å². The van der Waals surface area contributed by atoms with E-state index >= 15 is 0 Å². The van der Waals surface area contributed by atoms with Crippen molar-refractivity contribution >= 4 is 11.8 Å². The van der Waals surface area contributed by atoms with Crippen LogP contribution in [0.5, 0.6) is 0 Å². The number of nitrogens with one attached hydrogen (secondary N) is 1. The number of thioether (sulfide) groups is 1. The zero-order chi connectivity index (χ0) is 12.3. The minimum Gasteiger partial charge on any atom is -0.314 e. The lowest BCUT2D eigenvalue weighted by Gasteiger charge is -2.26. The van der Waals surface area contributed by atoms with E-state index in [1.54, 1.807) is 0 Å². The first-order valence-corrected chi connectivity index (χ1v) is 8.85. The minimum atomic E-state index is 0.823. The molecule has 102 valence electrons. The first kappa shape index (κ1) is 15.4. The molecule has 0 radical (unpaired) electrons. The van der Waals surface area contributed by atoms with Crippen LogP contribution in [0.3, 0.4) is 0 Å². The fourth-order valence-corrected chi connectivity index (χ4v) is 3.58. The highest BCUT2D eigenvalue weighted by molar-refractivity contribution is 7.99. The molecule has 0 spiro atoms. The summed E-state index contributed by atoms with van der Waals surface area (Å²) in [6.07, 6.45) is 11.4. The van der Waals surface area contributed by atoms with Crippen molar-refractivity contribution in [2.45, 2.75) is 71.3 Å². The Bertz CT molecular complexity index is 172. The van der Waals surface area contributed by atoms with Gasteiger partial charge in [-0.15, -0.1) is 0 Å². The van der Waals surface area contributed by atoms with E-state index in [2.05, 4.69) is 30.9 Å². The Hall–Kier alpha value is 0.310. The first-order chi connectivity index (χ1) is 8.38. The Labute approximate surface area is 113 Å². The molecule has 1 aliphatic carbocycles. The second-order valence-corrected chi connectivity index (χ2v) is 6.69. The smallest absolute Gasteiger partial charge is 0.00953 e. The third-order valence-electron chi connectivity index (χ3n) is 3.88. The Morgan fingerprint density at radius 3 is 2.71 bits per heavy atom. The van der Waals surface area contributed by atoms with E-state index in [0.29, 0.717) is 0 Å². The second kappa shape index (κ2) is 10.3. The summed E-state index contributed by atoms with van der Waals surface area (Å²) in [5.41, 5.74) is 0. The van der Waals surface area contributed by atoms with Crippen LogP contribution in [0.15, 0.2) is 0 Å². The summed E-state index contributed by atoms with van der Waals surface area (Å²) in [7, 11) is 0. The predicted octanol–water partition coefficient (Wildman–Crippen LogP) is 4.47. The Morgan fingerprint density at radius 1 is 1.12 bits per heavy atom. The molecule has 0 heterocycles. The normalized spacial score (nSPS) is 25.8. The van der Waals surface area contributed by atoms with E-state index in [9.17, 15) is 0 Å². The van der Waals surface area contributed by atoms with Gasteiger partial charge in [-0.2, -0.15) is 11.8 Å². The van der Waals surface area contributed by atoms with Crippen LogP contribution in [-0.4, -0.2) is 24.1 Å². The molecule has 0 aromatic rings. The molecule has 0 aromatic carbocycles. The van der Waals surface area contributed by atoms with Gasteiger partial charge in [-0.1, -0.05) is 33.1 Å². The van der Waals surface area contributed by atoms with Crippen molar-refractivity contribution in [2.24, 2.45) is 5.92 Å². The molecule has 1 rings (SSSR count). The van der Waals surface area contributed by atoms with E-state index in [4.69, 9.17) is 0 Å². The van der Waals surface area contributed by atoms with Crippen LogP contribution in [0.1, 0.15) is 65.2 Å². The predicted molar refractivity (Wildman–Crippen MR) is 80.9 cm³/mol. The molecular formula is C15H31NS. The van der Waals surface area contributed by atoms with Gasteiger partial charge in [-0.05, 0) is 56.1 Å². The van der Waals surface area contributed by atoms with Gasteiger partial charge in [-0.3, -0.25) is 0 Å². The largest absolute Gasteiger partial charge is 0.314 e. The maximum Gasteiger partial charge on any atom is 0.00953 e. The van der Waals surface area contributed by atoms with Crippen molar-refractivity contribution < 1.29 is 0 Å². The minimum absolute atomic E-state index is 0.823. The summed E-state index contributed by atoms with van der Waals surface area (Å²) >= 11 is 2.10. The van der Waals surface area contributed by atoms with Crippen molar-refractivity contribution in [3.63, 3.8) is 0 Å². The quantitative estimate of drug-likeness (QED) is 0.509. The van der Waals surface area contributed by atoms with Gasteiger partial charge in [0.05, 0.1) is 0 Å². The van der Waals surface area contributed by atoms with Crippen LogP contribution in [0.25, 0.3) is 0 Å². The SMILES string of the molecule is CCCNC1CCCCCC1CCCSCC. The average Bonchev–Trinajstić information content (AvgIpc) is 2.57. The third-order valence-corrected chi connectivity index (χ3v) is 4.87. The maximum atomic E-state index is 3.80. The van der Waals surface area contributed by atoms with Gasteiger partial charge in [0, 0.05) is 6.04 Å². The highest BCUT2D eigenvalue weighted by Crippen LogP contribution is 2.27. The lowest BCUT2D eigenvalue weighted by molar-refractivity contribution is 0.315. The summed E-state index contributed by atoms with van der Waals surface area (Å²) in [6, 6.07) is 0.823. The zero-order valence-electron chi connectivity index (χ0n) is 11.8. The van der Waals surface area contributed by atoms with Gasteiger partial charge in [0.15, 0.2) is 0 Å². The van der Waals surface area contributed by atoms with Crippen molar-refractivity contribution in [3.05, 3.63) is 0 Å². The monoisotopic (exact) mass is 257 g/mol. The Kier molecular flexibility index (Phi) is 9.27. The van der Waals surface area contributed by atoms with Gasteiger partial charge >= 0.3 is 0 Å². The van der Waals surface area contributed by atoms with E-state index in [1.165, 1.54) is 69.4 Å². The fraction of sp³-hybridized carbons (Fsp3) is 1.00. The van der Waals surface area contributed by atoms with Gasteiger partial charge in [0.2, 0.25) is 0 Å². The van der Waals surface area contributed by atoms with Crippen molar-refractivity contribution in [3.8, 4) is 0 Å². The molecule has 1 saturated carbocycles. The number of hydrogen-bond acceptors (Lipinski definition) is 2. The molecule has 2 atom stereocenters. The summed E-state index contributed by atoms with van der Waals surface area (Å²) in [5, 5.41) is 3.80. The summed E-state index contributed by atoms with van der Waals surface area (Å²) in [4.78, 5) is 0. The van der Waals surface area contributed by atoms with Crippen molar-refractivity contribution in [1.82, 2.24) is 5.32 Å². The molecule has 2 heteroatoms. The van der Waals surface area contributed by atoms with E-state index in [1.807, 2.05) is 0 Å². The lowest BCUT2D eigenvalue weighted by Crippen LogP contribution is -2.36. The topological polar surface area (TPSA) is 12.0 Å². The fourth-order valence-electron chi connectivity index (χ4n) is 2.92. The van der Waals surface area contributed by atoms with Crippen LogP contribution in [0.2, 0.25) is 0 Å². The molecular weight excluding hydrogens is 226 g/mol. The molecule has 0 bridgehead atoms. The molecule has 2 unspecified atom stereocenters. The summed E-state index contributed by atoms with van der Waals surface area (Å²) in [6.45, 7) is 5.75. The van der Waals surface area contributed by atoms with Crippen LogP contribution in [0, 0.1) is 5.92 Å². The highest BCUT2D eigenvalue weighted by atomic mass is 32.2. The molecule has 0 amide bonds. The Morgan fingerprint density at radius 2 is 1.94 bits per heavy atom. The number of hydrogen-bond donors (Lipinski definition) is 1. The molecule has 17 heavy (non-hydrogen) atoms. The molecule has 0 aromatic heterocycles. The van der Waals surface area contributed by atoms with Gasteiger partial charge in [-0.25, -0.2) is 0 Å². The average molecular weight is 257 g/mol. The molecule has 1 N–H and O–H groups in total. The van der Waals surface area contributed by atoms with Gasteiger partial charge < -0.3 is 5.32 Å². The third kappa shape index (κ3) is 6.71. The number of rotatable bonds is 8. The lowest BCUT2D eigenvalue weighted by atomic mass is 9.90. The van der Waals surface area contributed by atoms with Crippen LogP contribution in [-0.2, 0) is 0 Å². The highest BCUT2D eigenvalue weighted by Gasteiger charge is 2.22. The van der Waals surface area contributed by atoms with E-state index < -0.39 is 0 Å².